The summed E-state index contributed by atoms with van der Waals surface area (Å²) < 4.78 is 1.54. The molecule has 1 rings (SSSR count). The van der Waals surface area contributed by atoms with Gasteiger partial charge in [-0.3, -0.25) is 4.57 Å². The zero-order chi connectivity index (χ0) is 8.27. The summed E-state index contributed by atoms with van der Waals surface area (Å²) in [4.78, 5) is 14.6. The van der Waals surface area contributed by atoms with Crippen molar-refractivity contribution in [3.63, 3.8) is 0 Å². The van der Waals surface area contributed by atoms with Gasteiger partial charge < -0.3 is 5.73 Å². The van der Waals surface area contributed by atoms with Gasteiger partial charge in [0.2, 0.25) is 0 Å². The van der Waals surface area contributed by atoms with Crippen LogP contribution < -0.4 is 11.4 Å². The normalized spacial score (nSPS) is 9.91. The fraction of sp³-hybridized carbons (Fsp3) is 0.429. The van der Waals surface area contributed by atoms with Crippen molar-refractivity contribution in [2.75, 3.05) is 5.73 Å². The van der Waals surface area contributed by atoms with Crippen molar-refractivity contribution in [1.82, 2.24) is 9.55 Å². The number of rotatable bonds is 2. The number of hydrogen-bond donors (Lipinski definition) is 1. The summed E-state index contributed by atoms with van der Waals surface area (Å²) in [5.74, 6) is 0.280. The second kappa shape index (κ2) is 3.18. The molecule has 4 nitrogen and oxygen atoms in total. The fourth-order valence-electron chi connectivity index (χ4n) is 0.853. The summed E-state index contributed by atoms with van der Waals surface area (Å²) in [6.45, 7) is 2.70. The molecule has 4 heteroatoms. The molecule has 0 atom stereocenters. The first-order valence-corrected chi connectivity index (χ1v) is 3.57. The highest BCUT2D eigenvalue weighted by Crippen LogP contribution is 1.90. The first kappa shape index (κ1) is 7.78. The Morgan fingerprint density at radius 2 is 2.45 bits per heavy atom. The summed E-state index contributed by atoms with van der Waals surface area (Å²) >= 11 is 0. The zero-order valence-corrected chi connectivity index (χ0v) is 6.45. The maximum absolute atomic E-state index is 11.0. The van der Waals surface area contributed by atoms with E-state index in [1.54, 1.807) is 12.3 Å². The lowest BCUT2D eigenvalue weighted by atomic mass is 10.4. The van der Waals surface area contributed by atoms with Crippen LogP contribution >= 0.6 is 0 Å². The Morgan fingerprint density at radius 1 is 1.73 bits per heavy atom. The molecule has 0 aliphatic carbocycles. The number of hydrogen-bond acceptors (Lipinski definition) is 3. The molecule has 0 radical (unpaired) electrons. The van der Waals surface area contributed by atoms with E-state index >= 15 is 0 Å². The number of aromatic nitrogens is 2. The zero-order valence-electron chi connectivity index (χ0n) is 6.45. The van der Waals surface area contributed by atoms with Gasteiger partial charge in [0.25, 0.3) is 0 Å². The van der Waals surface area contributed by atoms with Crippen LogP contribution in [-0.4, -0.2) is 9.55 Å². The molecule has 0 aromatic carbocycles. The number of anilines is 1. The highest BCUT2D eigenvalue weighted by molar-refractivity contribution is 5.23. The van der Waals surface area contributed by atoms with E-state index in [0.717, 1.165) is 6.42 Å². The predicted octanol–water partition coefficient (Wildman–Crippen LogP) is 0.236. The summed E-state index contributed by atoms with van der Waals surface area (Å²) in [6.07, 6.45) is 2.58. The van der Waals surface area contributed by atoms with Crippen LogP contribution in [0, 0.1) is 0 Å². The van der Waals surface area contributed by atoms with Crippen LogP contribution in [0.3, 0.4) is 0 Å². The second-order valence-corrected chi connectivity index (χ2v) is 2.33. The average molecular weight is 153 g/mol. The first-order chi connectivity index (χ1) is 5.24. The molecule has 0 aliphatic rings. The van der Waals surface area contributed by atoms with Crippen molar-refractivity contribution in [1.29, 1.82) is 0 Å². The van der Waals surface area contributed by atoms with E-state index in [4.69, 9.17) is 5.73 Å². The van der Waals surface area contributed by atoms with E-state index < -0.39 is 0 Å². The van der Waals surface area contributed by atoms with Gasteiger partial charge in [-0.15, -0.1) is 0 Å². The summed E-state index contributed by atoms with van der Waals surface area (Å²) in [5.41, 5.74) is 5.03. The Balaban J connectivity index is 3.00. The Bertz CT molecular complexity index is 292. The Hall–Kier alpha value is -1.32. The predicted molar refractivity (Wildman–Crippen MR) is 43.2 cm³/mol. The maximum Gasteiger partial charge on any atom is 0.349 e. The molecule has 0 saturated carbocycles. The lowest BCUT2D eigenvalue weighted by Crippen LogP contribution is -2.22. The largest absolute Gasteiger partial charge is 0.383 e. The third kappa shape index (κ3) is 1.80. The van der Waals surface area contributed by atoms with Gasteiger partial charge in [-0.05, 0) is 12.5 Å². The summed E-state index contributed by atoms with van der Waals surface area (Å²) in [5, 5.41) is 0. The molecule has 0 saturated heterocycles. The molecule has 0 spiro atoms. The van der Waals surface area contributed by atoms with Crippen molar-refractivity contribution in [3.05, 3.63) is 22.7 Å². The molecule has 1 aromatic rings. The minimum absolute atomic E-state index is 0.271. The fourth-order valence-corrected chi connectivity index (χ4v) is 0.853. The molecule has 0 unspecified atom stereocenters. The molecule has 60 valence electrons. The van der Waals surface area contributed by atoms with Gasteiger partial charge in [0.15, 0.2) is 0 Å². The molecule has 1 heterocycles. The van der Waals surface area contributed by atoms with Crippen molar-refractivity contribution >= 4 is 5.82 Å². The molecule has 0 fully saturated rings. The summed E-state index contributed by atoms with van der Waals surface area (Å²) in [6, 6.07) is 1.62. The highest BCUT2D eigenvalue weighted by Gasteiger charge is 1.94. The Morgan fingerprint density at radius 3 is 3.00 bits per heavy atom. The van der Waals surface area contributed by atoms with Crippen LogP contribution in [0.1, 0.15) is 13.3 Å². The van der Waals surface area contributed by atoms with Crippen LogP contribution in [-0.2, 0) is 6.54 Å². The topological polar surface area (TPSA) is 60.9 Å². The standard InChI is InChI=1S/C7H11N3O/c1-2-4-10-5-3-6(8)9-7(10)11/h3,5H,2,4H2,1H3,(H2,8,9,11). The Kier molecular flexibility index (Phi) is 2.25. The molecule has 11 heavy (non-hydrogen) atoms. The maximum atomic E-state index is 11.0. The molecular weight excluding hydrogens is 142 g/mol. The van der Waals surface area contributed by atoms with E-state index in [9.17, 15) is 4.79 Å². The monoisotopic (exact) mass is 153 g/mol. The molecule has 2 N–H and O–H groups in total. The van der Waals surface area contributed by atoms with Crippen molar-refractivity contribution in [3.8, 4) is 0 Å². The van der Waals surface area contributed by atoms with Gasteiger partial charge in [0.1, 0.15) is 5.82 Å². The number of aryl methyl sites for hydroxylation is 1. The quantitative estimate of drug-likeness (QED) is 0.661. The first-order valence-electron chi connectivity index (χ1n) is 3.57. The van der Waals surface area contributed by atoms with E-state index in [1.165, 1.54) is 4.57 Å². The van der Waals surface area contributed by atoms with Crippen molar-refractivity contribution < 1.29 is 0 Å². The lowest BCUT2D eigenvalue weighted by molar-refractivity contribution is 0.637. The average Bonchev–Trinajstić information content (AvgIpc) is 1.95. The lowest BCUT2D eigenvalue weighted by Gasteiger charge is -2.00. The van der Waals surface area contributed by atoms with Crippen molar-refractivity contribution in [2.45, 2.75) is 19.9 Å². The third-order valence-electron chi connectivity index (χ3n) is 1.36. The summed E-state index contributed by atoms with van der Waals surface area (Å²) in [7, 11) is 0. The van der Waals surface area contributed by atoms with Crippen LogP contribution in [0.2, 0.25) is 0 Å². The number of nitrogens with zero attached hydrogens (tertiary/aromatic N) is 2. The molecule has 1 aromatic heterocycles. The van der Waals surface area contributed by atoms with Gasteiger partial charge >= 0.3 is 5.69 Å². The second-order valence-electron chi connectivity index (χ2n) is 2.33. The number of nitrogen functional groups attached to an aromatic ring is 1. The van der Waals surface area contributed by atoms with Crippen molar-refractivity contribution in [2.24, 2.45) is 0 Å². The van der Waals surface area contributed by atoms with Gasteiger partial charge in [0, 0.05) is 12.7 Å². The third-order valence-corrected chi connectivity index (χ3v) is 1.36. The Labute approximate surface area is 64.7 Å². The smallest absolute Gasteiger partial charge is 0.349 e. The van der Waals surface area contributed by atoms with E-state index in [-0.39, 0.29) is 11.5 Å². The highest BCUT2D eigenvalue weighted by atomic mass is 16.1. The van der Waals surface area contributed by atoms with Crippen LogP contribution in [0.4, 0.5) is 5.82 Å². The molecule has 0 bridgehead atoms. The van der Waals surface area contributed by atoms with Gasteiger partial charge in [-0.25, -0.2) is 4.79 Å². The van der Waals surface area contributed by atoms with Crippen LogP contribution in [0.5, 0.6) is 0 Å². The number of nitrogens with two attached hydrogens (primary N) is 1. The van der Waals surface area contributed by atoms with E-state index in [0.29, 0.717) is 6.54 Å². The van der Waals surface area contributed by atoms with E-state index in [1.807, 2.05) is 6.92 Å². The van der Waals surface area contributed by atoms with Crippen LogP contribution in [0.25, 0.3) is 0 Å². The molecule has 0 aliphatic heterocycles. The molecule has 0 amide bonds. The SMILES string of the molecule is CCCn1ccc(N)nc1=O. The van der Waals surface area contributed by atoms with E-state index in [2.05, 4.69) is 4.98 Å². The van der Waals surface area contributed by atoms with Gasteiger partial charge in [-0.2, -0.15) is 4.98 Å². The van der Waals surface area contributed by atoms with Crippen LogP contribution in [0.15, 0.2) is 17.1 Å². The van der Waals surface area contributed by atoms with Gasteiger partial charge in [-0.1, -0.05) is 6.92 Å². The van der Waals surface area contributed by atoms with Gasteiger partial charge in [0.05, 0.1) is 0 Å². The molecular formula is C7H11N3O. The minimum atomic E-state index is -0.271. The minimum Gasteiger partial charge on any atom is -0.383 e.